The van der Waals surface area contributed by atoms with Crippen LogP contribution in [-0.2, 0) is 4.79 Å². The second-order valence-corrected chi connectivity index (χ2v) is 4.06. The molecule has 6 heteroatoms. The summed E-state index contributed by atoms with van der Waals surface area (Å²) in [4.78, 5) is 12.9. The molecular formula is C12H11NO5. The Hall–Kier alpha value is -2.37. The average Bonchev–Trinajstić information content (AvgIpc) is 3.04. The van der Waals surface area contributed by atoms with Gasteiger partial charge >= 0.3 is 0 Å². The highest BCUT2D eigenvalue weighted by Crippen LogP contribution is 2.47. The first kappa shape index (κ1) is 10.8. The lowest BCUT2D eigenvalue weighted by atomic mass is 10.3. The molecular weight excluding hydrogens is 238 g/mol. The topological polar surface area (TPSA) is 87.1 Å². The zero-order chi connectivity index (χ0) is 12.7. The molecule has 2 aromatic rings. The van der Waals surface area contributed by atoms with Gasteiger partial charge in [0.25, 0.3) is 0 Å². The predicted molar refractivity (Wildman–Crippen MR) is 61.3 cm³/mol. The lowest BCUT2D eigenvalue weighted by Gasteiger charge is -2.11. The molecule has 0 aromatic carbocycles. The lowest BCUT2D eigenvalue weighted by molar-refractivity contribution is -0.117. The van der Waals surface area contributed by atoms with E-state index in [1.54, 1.807) is 12.1 Å². The minimum absolute atomic E-state index is 0.0206. The average molecular weight is 249 g/mol. The first-order valence-electron chi connectivity index (χ1n) is 5.57. The number of nitrogens with zero attached hydrogens (tertiary/aromatic N) is 1. The second-order valence-electron chi connectivity index (χ2n) is 4.06. The largest absolute Gasteiger partial charge is 0.501 e. The summed E-state index contributed by atoms with van der Waals surface area (Å²) in [6.07, 6.45) is 2.54. The van der Waals surface area contributed by atoms with Crippen molar-refractivity contribution >= 4 is 11.8 Å². The standard InChI is InChI=1S/C12H11NO5/c14-8-4-1-5-13(8)12-10(16)9(15)11(18-12)7-3-2-6-17-7/h2-3,6,15-16H,1,4-5H2. The summed E-state index contributed by atoms with van der Waals surface area (Å²) in [6, 6.07) is 3.22. The highest BCUT2D eigenvalue weighted by Gasteiger charge is 2.31. The molecule has 0 atom stereocenters. The van der Waals surface area contributed by atoms with Crippen LogP contribution < -0.4 is 4.90 Å². The Kier molecular flexibility index (Phi) is 2.29. The number of anilines is 1. The van der Waals surface area contributed by atoms with Crippen molar-refractivity contribution in [3.63, 3.8) is 0 Å². The second kappa shape index (κ2) is 3.83. The molecule has 0 saturated carbocycles. The van der Waals surface area contributed by atoms with E-state index in [-0.39, 0.29) is 17.6 Å². The maximum atomic E-state index is 11.6. The Labute approximate surface area is 102 Å². The van der Waals surface area contributed by atoms with E-state index in [0.29, 0.717) is 25.1 Å². The number of amides is 1. The van der Waals surface area contributed by atoms with Crippen LogP contribution in [0.4, 0.5) is 5.88 Å². The van der Waals surface area contributed by atoms with E-state index in [9.17, 15) is 15.0 Å². The van der Waals surface area contributed by atoms with Gasteiger partial charge in [-0.1, -0.05) is 0 Å². The molecule has 0 radical (unpaired) electrons. The molecule has 1 fully saturated rings. The number of hydrogen-bond donors (Lipinski definition) is 2. The normalized spacial score (nSPS) is 15.6. The number of carbonyl (C=O) groups excluding carboxylic acids is 1. The van der Waals surface area contributed by atoms with Gasteiger partial charge in [-0.05, 0) is 18.6 Å². The number of carbonyl (C=O) groups is 1. The van der Waals surface area contributed by atoms with E-state index in [1.165, 1.54) is 11.2 Å². The van der Waals surface area contributed by atoms with Crippen LogP contribution in [0.3, 0.4) is 0 Å². The van der Waals surface area contributed by atoms with Crippen molar-refractivity contribution in [2.45, 2.75) is 12.8 Å². The lowest BCUT2D eigenvalue weighted by Crippen LogP contribution is -2.23. The molecule has 6 nitrogen and oxygen atoms in total. The van der Waals surface area contributed by atoms with E-state index < -0.39 is 11.5 Å². The van der Waals surface area contributed by atoms with E-state index in [1.807, 2.05) is 0 Å². The number of furan rings is 2. The SMILES string of the molecule is O=C1CCCN1c1oc(-c2ccco2)c(O)c1O. The smallest absolute Gasteiger partial charge is 0.249 e. The number of hydrogen-bond acceptors (Lipinski definition) is 5. The molecule has 1 aliphatic heterocycles. The van der Waals surface area contributed by atoms with Gasteiger partial charge in [0.15, 0.2) is 5.76 Å². The molecule has 1 amide bonds. The summed E-state index contributed by atoms with van der Waals surface area (Å²) in [6.45, 7) is 0.469. The van der Waals surface area contributed by atoms with Crippen LogP contribution in [0.1, 0.15) is 12.8 Å². The summed E-state index contributed by atoms with van der Waals surface area (Å²) in [5, 5.41) is 19.6. The fraction of sp³-hybridized carbons (Fsp3) is 0.250. The molecule has 0 spiro atoms. The maximum absolute atomic E-state index is 11.6. The van der Waals surface area contributed by atoms with E-state index in [0.717, 1.165) is 0 Å². The predicted octanol–water partition coefficient (Wildman–Crippen LogP) is 2.08. The highest BCUT2D eigenvalue weighted by molar-refractivity contribution is 5.96. The van der Waals surface area contributed by atoms with Crippen molar-refractivity contribution in [1.82, 2.24) is 0 Å². The Morgan fingerprint density at radius 3 is 2.72 bits per heavy atom. The first-order chi connectivity index (χ1) is 8.68. The van der Waals surface area contributed by atoms with Gasteiger partial charge < -0.3 is 19.0 Å². The monoisotopic (exact) mass is 249 g/mol. The van der Waals surface area contributed by atoms with Crippen LogP contribution in [0.5, 0.6) is 11.5 Å². The van der Waals surface area contributed by atoms with Crippen molar-refractivity contribution < 1.29 is 23.8 Å². The third-order valence-electron chi connectivity index (χ3n) is 2.90. The molecule has 0 bridgehead atoms. The first-order valence-corrected chi connectivity index (χ1v) is 5.57. The highest BCUT2D eigenvalue weighted by atomic mass is 16.4. The van der Waals surface area contributed by atoms with Crippen molar-refractivity contribution in [1.29, 1.82) is 0 Å². The molecule has 18 heavy (non-hydrogen) atoms. The minimum Gasteiger partial charge on any atom is -0.501 e. The quantitative estimate of drug-likeness (QED) is 0.850. The van der Waals surface area contributed by atoms with E-state index >= 15 is 0 Å². The minimum atomic E-state index is -0.434. The fourth-order valence-electron chi connectivity index (χ4n) is 2.02. The van der Waals surface area contributed by atoms with Crippen LogP contribution in [0.25, 0.3) is 11.5 Å². The Morgan fingerprint density at radius 1 is 1.28 bits per heavy atom. The summed E-state index contributed by atoms with van der Waals surface area (Å²) >= 11 is 0. The van der Waals surface area contributed by atoms with Gasteiger partial charge in [0.05, 0.1) is 6.26 Å². The third kappa shape index (κ3) is 1.46. The fourth-order valence-corrected chi connectivity index (χ4v) is 2.02. The molecule has 94 valence electrons. The van der Waals surface area contributed by atoms with E-state index in [2.05, 4.69) is 0 Å². The van der Waals surface area contributed by atoms with Gasteiger partial charge in [0.2, 0.25) is 29.1 Å². The number of rotatable bonds is 2. The molecule has 3 rings (SSSR count). The Morgan fingerprint density at radius 2 is 2.11 bits per heavy atom. The molecule has 3 heterocycles. The number of aromatic hydroxyl groups is 2. The van der Waals surface area contributed by atoms with Crippen LogP contribution >= 0.6 is 0 Å². The summed E-state index contributed by atoms with van der Waals surface area (Å²) < 4.78 is 10.4. The van der Waals surface area contributed by atoms with Gasteiger partial charge in [0.1, 0.15) is 0 Å². The zero-order valence-corrected chi connectivity index (χ0v) is 9.42. The third-order valence-corrected chi connectivity index (χ3v) is 2.90. The van der Waals surface area contributed by atoms with Crippen molar-refractivity contribution in [3.05, 3.63) is 18.4 Å². The van der Waals surface area contributed by atoms with Crippen LogP contribution in [0, 0.1) is 0 Å². The molecule has 0 unspecified atom stereocenters. The molecule has 1 aliphatic rings. The van der Waals surface area contributed by atoms with Crippen LogP contribution in [0.15, 0.2) is 27.2 Å². The molecule has 1 saturated heterocycles. The van der Waals surface area contributed by atoms with Crippen molar-refractivity contribution in [2.75, 3.05) is 11.4 Å². The molecule has 2 aromatic heterocycles. The summed E-state index contributed by atoms with van der Waals surface area (Å²) in [5.74, 6) is -0.698. The van der Waals surface area contributed by atoms with Gasteiger partial charge in [-0.2, -0.15) is 0 Å². The molecule has 2 N–H and O–H groups in total. The summed E-state index contributed by atoms with van der Waals surface area (Å²) in [5.41, 5.74) is 0. The van der Waals surface area contributed by atoms with Gasteiger partial charge in [-0.25, -0.2) is 0 Å². The van der Waals surface area contributed by atoms with Crippen LogP contribution in [-0.4, -0.2) is 22.7 Å². The Balaban J connectivity index is 2.07. The molecule has 0 aliphatic carbocycles. The van der Waals surface area contributed by atoms with E-state index in [4.69, 9.17) is 8.83 Å². The van der Waals surface area contributed by atoms with Crippen molar-refractivity contribution in [2.24, 2.45) is 0 Å². The zero-order valence-electron chi connectivity index (χ0n) is 9.42. The maximum Gasteiger partial charge on any atom is 0.249 e. The Bertz CT molecular complexity index is 584. The summed E-state index contributed by atoms with van der Waals surface area (Å²) in [7, 11) is 0. The van der Waals surface area contributed by atoms with Gasteiger partial charge in [0, 0.05) is 13.0 Å². The van der Waals surface area contributed by atoms with Crippen molar-refractivity contribution in [3.8, 4) is 23.0 Å². The van der Waals surface area contributed by atoms with Gasteiger partial charge in [-0.3, -0.25) is 9.69 Å². The van der Waals surface area contributed by atoms with Crippen LogP contribution in [0.2, 0.25) is 0 Å². The van der Waals surface area contributed by atoms with Gasteiger partial charge in [-0.15, -0.1) is 0 Å².